The van der Waals surface area contributed by atoms with Crippen molar-refractivity contribution in [2.24, 2.45) is 0 Å². The standard InChI is InChI=1S/C13H16N2O/c14-10-11-3-5-13(6-4-11)16-12-2-1-8-15-9-7-12/h3-6,12,15H,1-2,7-9H2. The van der Waals surface area contributed by atoms with E-state index in [0.717, 1.165) is 31.7 Å². The molecule has 0 aliphatic carbocycles. The molecule has 1 atom stereocenters. The summed E-state index contributed by atoms with van der Waals surface area (Å²) in [6, 6.07) is 9.44. The Hall–Kier alpha value is -1.53. The van der Waals surface area contributed by atoms with Gasteiger partial charge in [0.2, 0.25) is 0 Å². The van der Waals surface area contributed by atoms with E-state index in [2.05, 4.69) is 11.4 Å². The van der Waals surface area contributed by atoms with Gasteiger partial charge in [0.1, 0.15) is 5.75 Å². The first-order valence-corrected chi connectivity index (χ1v) is 5.76. The van der Waals surface area contributed by atoms with Crippen LogP contribution in [0, 0.1) is 11.3 Å². The minimum atomic E-state index is 0.308. The molecule has 0 saturated carbocycles. The minimum absolute atomic E-state index is 0.308. The third-order valence-electron chi connectivity index (χ3n) is 2.81. The van der Waals surface area contributed by atoms with Crippen LogP contribution < -0.4 is 10.1 Å². The van der Waals surface area contributed by atoms with Crippen LogP contribution in [0.25, 0.3) is 0 Å². The van der Waals surface area contributed by atoms with Crippen molar-refractivity contribution in [3.63, 3.8) is 0 Å². The fourth-order valence-corrected chi connectivity index (χ4v) is 1.91. The van der Waals surface area contributed by atoms with E-state index < -0.39 is 0 Å². The van der Waals surface area contributed by atoms with Crippen LogP contribution in [0.4, 0.5) is 0 Å². The van der Waals surface area contributed by atoms with E-state index in [0.29, 0.717) is 11.7 Å². The van der Waals surface area contributed by atoms with Crippen LogP contribution in [0.2, 0.25) is 0 Å². The lowest BCUT2D eigenvalue weighted by Gasteiger charge is -2.16. The lowest BCUT2D eigenvalue weighted by molar-refractivity contribution is 0.187. The van der Waals surface area contributed by atoms with E-state index in [9.17, 15) is 0 Å². The van der Waals surface area contributed by atoms with Gasteiger partial charge in [0, 0.05) is 0 Å². The monoisotopic (exact) mass is 216 g/mol. The number of rotatable bonds is 2. The van der Waals surface area contributed by atoms with Crippen molar-refractivity contribution in [3.8, 4) is 11.8 Å². The Morgan fingerprint density at radius 2 is 2.00 bits per heavy atom. The Kier molecular flexibility index (Phi) is 3.79. The zero-order valence-corrected chi connectivity index (χ0v) is 9.28. The van der Waals surface area contributed by atoms with Crippen LogP contribution in [0.3, 0.4) is 0 Å². The predicted octanol–water partition coefficient (Wildman–Crippen LogP) is 2.08. The van der Waals surface area contributed by atoms with Gasteiger partial charge in [-0.2, -0.15) is 5.26 Å². The maximum atomic E-state index is 8.69. The highest BCUT2D eigenvalue weighted by molar-refractivity contribution is 5.34. The molecule has 1 aromatic rings. The molecular weight excluding hydrogens is 200 g/mol. The van der Waals surface area contributed by atoms with E-state index in [-0.39, 0.29) is 0 Å². The highest BCUT2D eigenvalue weighted by atomic mass is 16.5. The van der Waals surface area contributed by atoms with E-state index in [4.69, 9.17) is 10.00 Å². The number of ether oxygens (including phenoxy) is 1. The summed E-state index contributed by atoms with van der Waals surface area (Å²) < 4.78 is 5.89. The summed E-state index contributed by atoms with van der Waals surface area (Å²) in [5.74, 6) is 0.867. The van der Waals surface area contributed by atoms with Crippen molar-refractivity contribution in [3.05, 3.63) is 29.8 Å². The highest BCUT2D eigenvalue weighted by Gasteiger charge is 2.12. The SMILES string of the molecule is N#Cc1ccc(OC2CCCNCC2)cc1. The van der Waals surface area contributed by atoms with Gasteiger partial charge in [-0.05, 0) is 56.6 Å². The van der Waals surface area contributed by atoms with Gasteiger partial charge in [-0.3, -0.25) is 0 Å². The van der Waals surface area contributed by atoms with Crippen LogP contribution in [-0.2, 0) is 0 Å². The molecule has 1 saturated heterocycles. The normalized spacial score (nSPS) is 20.8. The third kappa shape index (κ3) is 2.98. The zero-order chi connectivity index (χ0) is 11.2. The molecule has 0 aromatic heterocycles. The Labute approximate surface area is 96.0 Å². The molecule has 0 radical (unpaired) electrons. The molecule has 0 spiro atoms. The van der Waals surface area contributed by atoms with Crippen LogP contribution in [0.15, 0.2) is 24.3 Å². The lowest BCUT2D eigenvalue weighted by Crippen LogP contribution is -2.19. The predicted molar refractivity (Wildman–Crippen MR) is 62.3 cm³/mol. The number of hydrogen-bond acceptors (Lipinski definition) is 3. The minimum Gasteiger partial charge on any atom is -0.490 e. The highest BCUT2D eigenvalue weighted by Crippen LogP contribution is 2.17. The summed E-state index contributed by atoms with van der Waals surface area (Å²) in [5.41, 5.74) is 0.676. The summed E-state index contributed by atoms with van der Waals surface area (Å²) in [6.07, 6.45) is 3.64. The first-order valence-electron chi connectivity index (χ1n) is 5.76. The molecule has 0 bridgehead atoms. The van der Waals surface area contributed by atoms with E-state index in [1.165, 1.54) is 6.42 Å². The summed E-state index contributed by atoms with van der Waals surface area (Å²) in [5, 5.41) is 12.0. The molecule has 1 unspecified atom stereocenters. The van der Waals surface area contributed by atoms with Gasteiger partial charge in [0.05, 0.1) is 17.7 Å². The molecule has 1 heterocycles. The van der Waals surface area contributed by atoms with Crippen molar-refractivity contribution in [1.29, 1.82) is 5.26 Å². The van der Waals surface area contributed by atoms with E-state index in [1.807, 2.05) is 12.1 Å². The number of nitrogens with one attached hydrogen (secondary N) is 1. The summed E-state index contributed by atoms with van der Waals surface area (Å²) in [4.78, 5) is 0. The fraction of sp³-hybridized carbons (Fsp3) is 0.462. The Bertz CT molecular complexity index is 359. The average molecular weight is 216 g/mol. The Balaban J connectivity index is 1.94. The van der Waals surface area contributed by atoms with E-state index in [1.54, 1.807) is 12.1 Å². The molecule has 16 heavy (non-hydrogen) atoms. The molecule has 1 fully saturated rings. The second-order valence-corrected chi connectivity index (χ2v) is 4.06. The summed E-state index contributed by atoms with van der Waals surface area (Å²) in [6.45, 7) is 2.12. The maximum Gasteiger partial charge on any atom is 0.119 e. The number of nitrogens with zero attached hydrogens (tertiary/aromatic N) is 1. The quantitative estimate of drug-likeness (QED) is 0.823. The van der Waals surface area contributed by atoms with Crippen LogP contribution in [0.1, 0.15) is 24.8 Å². The van der Waals surface area contributed by atoms with Gasteiger partial charge in [-0.1, -0.05) is 0 Å². The molecule has 0 amide bonds. The van der Waals surface area contributed by atoms with Gasteiger partial charge >= 0.3 is 0 Å². The van der Waals surface area contributed by atoms with Crippen molar-refractivity contribution >= 4 is 0 Å². The van der Waals surface area contributed by atoms with Crippen LogP contribution >= 0.6 is 0 Å². The second-order valence-electron chi connectivity index (χ2n) is 4.06. The smallest absolute Gasteiger partial charge is 0.119 e. The molecule has 1 aromatic carbocycles. The van der Waals surface area contributed by atoms with Crippen molar-refractivity contribution < 1.29 is 4.74 Å². The first-order chi connectivity index (χ1) is 7.88. The van der Waals surface area contributed by atoms with Gasteiger partial charge in [0.15, 0.2) is 0 Å². The maximum absolute atomic E-state index is 8.69. The van der Waals surface area contributed by atoms with Gasteiger partial charge in [-0.15, -0.1) is 0 Å². The third-order valence-corrected chi connectivity index (χ3v) is 2.81. The molecule has 1 aliphatic rings. The van der Waals surface area contributed by atoms with Crippen molar-refractivity contribution in [1.82, 2.24) is 5.32 Å². The molecular formula is C13H16N2O. The molecule has 84 valence electrons. The number of nitriles is 1. The number of benzene rings is 1. The molecule has 2 rings (SSSR count). The Morgan fingerprint density at radius 3 is 2.75 bits per heavy atom. The average Bonchev–Trinajstić information content (AvgIpc) is 2.59. The van der Waals surface area contributed by atoms with Gasteiger partial charge in [-0.25, -0.2) is 0 Å². The number of hydrogen-bond donors (Lipinski definition) is 1. The summed E-state index contributed by atoms with van der Waals surface area (Å²) in [7, 11) is 0. The molecule has 3 heteroatoms. The fourth-order valence-electron chi connectivity index (χ4n) is 1.91. The van der Waals surface area contributed by atoms with Crippen molar-refractivity contribution in [2.45, 2.75) is 25.4 Å². The van der Waals surface area contributed by atoms with Crippen molar-refractivity contribution in [2.75, 3.05) is 13.1 Å². The largest absolute Gasteiger partial charge is 0.490 e. The van der Waals surface area contributed by atoms with Crippen LogP contribution in [0.5, 0.6) is 5.75 Å². The van der Waals surface area contributed by atoms with E-state index >= 15 is 0 Å². The molecule has 3 nitrogen and oxygen atoms in total. The molecule has 1 N–H and O–H groups in total. The first kappa shape index (κ1) is 11.0. The second kappa shape index (κ2) is 5.53. The van der Waals surface area contributed by atoms with Gasteiger partial charge < -0.3 is 10.1 Å². The topological polar surface area (TPSA) is 45.0 Å². The Morgan fingerprint density at radius 1 is 1.19 bits per heavy atom. The lowest BCUT2D eigenvalue weighted by atomic mass is 10.1. The zero-order valence-electron chi connectivity index (χ0n) is 9.28. The molecule has 1 aliphatic heterocycles. The van der Waals surface area contributed by atoms with Crippen LogP contribution in [-0.4, -0.2) is 19.2 Å². The van der Waals surface area contributed by atoms with Gasteiger partial charge in [0.25, 0.3) is 0 Å². The summed E-state index contributed by atoms with van der Waals surface area (Å²) >= 11 is 0.